The molecule has 0 heterocycles. The molecule has 2 nitrogen and oxygen atoms in total. The van der Waals surface area contributed by atoms with Crippen LogP contribution in [-0.4, -0.2) is 13.3 Å². The molecule has 0 saturated carbocycles. The summed E-state index contributed by atoms with van der Waals surface area (Å²) in [4.78, 5) is 0. The zero-order valence-electron chi connectivity index (χ0n) is 7.30. The van der Waals surface area contributed by atoms with Crippen LogP contribution in [0.4, 0.5) is 0 Å². The topological polar surface area (TPSA) is 38.0 Å². The predicted octanol–water partition coefficient (Wildman–Crippen LogP) is 2.00. The lowest BCUT2D eigenvalue weighted by Crippen LogP contribution is -2.19. The summed E-state index contributed by atoms with van der Waals surface area (Å²) in [5.41, 5.74) is 3.42. The third-order valence-corrected chi connectivity index (χ3v) is 2.03. The molecule has 0 spiro atoms. The second-order valence-electron chi connectivity index (χ2n) is 2.63. The van der Waals surface area contributed by atoms with Crippen LogP contribution in [0.15, 0.2) is 24.2 Å². The molecule has 0 aliphatic carbocycles. The third-order valence-electron chi connectivity index (χ3n) is 1.22. The van der Waals surface area contributed by atoms with E-state index < -0.39 is 0 Å². The van der Waals surface area contributed by atoms with Gasteiger partial charge in [-0.05, 0) is 26.2 Å². The summed E-state index contributed by atoms with van der Waals surface area (Å²) in [6.07, 6.45) is 4.15. The number of hydrazine groups is 1. The molecular formula is C8H17N2P. The highest BCUT2D eigenvalue weighted by atomic mass is 31.1. The van der Waals surface area contributed by atoms with Crippen LogP contribution in [0.25, 0.3) is 0 Å². The Hall–Kier alpha value is -0.330. The molecule has 0 atom stereocenters. The first kappa shape index (κ1) is 10.7. The number of nitrogens with two attached hydrogens (primary N) is 1. The van der Waals surface area contributed by atoms with E-state index in [9.17, 15) is 0 Å². The molecule has 0 unspecified atom stereocenters. The third kappa shape index (κ3) is 7.57. The van der Waals surface area contributed by atoms with E-state index in [-0.39, 0.29) is 7.92 Å². The molecular weight excluding hydrogens is 155 g/mol. The van der Waals surface area contributed by atoms with Crippen LogP contribution in [0, 0.1) is 0 Å². The first-order valence-corrected chi connectivity index (χ1v) is 5.95. The van der Waals surface area contributed by atoms with Gasteiger partial charge in [-0.2, -0.15) is 0 Å². The van der Waals surface area contributed by atoms with E-state index in [1.54, 1.807) is 0 Å². The van der Waals surface area contributed by atoms with Gasteiger partial charge in [-0.1, -0.05) is 26.4 Å². The molecule has 64 valence electrons. The first-order valence-electron chi connectivity index (χ1n) is 3.64. The summed E-state index contributed by atoms with van der Waals surface area (Å²) in [5, 5.41) is 0. The molecule has 3 N–H and O–H groups in total. The molecule has 0 rings (SSSR count). The van der Waals surface area contributed by atoms with Crippen molar-refractivity contribution in [3.63, 3.8) is 0 Å². The van der Waals surface area contributed by atoms with Gasteiger partial charge >= 0.3 is 0 Å². The Balaban J connectivity index is 3.34. The summed E-state index contributed by atoms with van der Waals surface area (Å²) >= 11 is 0. The number of hydrogen-bond acceptors (Lipinski definition) is 2. The van der Waals surface area contributed by atoms with Crippen LogP contribution < -0.4 is 11.3 Å². The van der Waals surface area contributed by atoms with Gasteiger partial charge < -0.3 is 5.43 Å². The minimum atomic E-state index is 0.103. The van der Waals surface area contributed by atoms with E-state index >= 15 is 0 Å². The highest BCUT2D eigenvalue weighted by Gasteiger charge is 1.87. The van der Waals surface area contributed by atoms with E-state index in [1.165, 1.54) is 0 Å². The van der Waals surface area contributed by atoms with Gasteiger partial charge in [0.25, 0.3) is 0 Å². The number of allylic oxidation sites excluding steroid dienone is 2. The lowest BCUT2D eigenvalue weighted by atomic mass is 10.2. The number of rotatable bonds is 5. The van der Waals surface area contributed by atoms with Gasteiger partial charge in [0.15, 0.2) is 0 Å². The SMILES string of the molecule is C=C(CC/C=C\P(C)C)NN. The molecule has 0 amide bonds. The van der Waals surface area contributed by atoms with Crippen molar-refractivity contribution in [2.75, 3.05) is 13.3 Å². The molecule has 0 aromatic rings. The van der Waals surface area contributed by atoms with Gasteiger partial charge in [-0.15, -0.1) is 0 Å². The van der Waals surface area contributed by atoms with Gasteiger partial charge in [0.05, 0.1) is 0 Å². The molecule has 0 aliphatic heterocycles. The Morgan fingerprint density at radius 2 is 2.27 bits per heavy atom. The van der Waals surface area contributed by atoms with Crippen molar-refractivity contribution < 1.29 is 0 Å². The van der Waals surface area contributed by atoms with Gasteiger partial charge in [0, 0.05) is 5.70 Å². The Morgan fingerprint density at radius 3 is 2.73 bits per heavy atom. The maximum Gasteiger partial charge on any atom is 0.0190 e. The van der Waals surface area contributed by atoms with E-state index in [2.05, 4.69) is 37.2 Å². The van der Waals surface area contributed by atoms with Crippen molar-refractivity contribution >= 4 is 7.92 Å². The van der Waals surface area contributed by atoms with E-state index in [0.717, 1.165) is 18.5 Å². The summed E-state index contributed by atoms with van der Waals surface area (Å²) in [6, 6.07) is 0. The minimum Gasteiger partial charge on any atom is -0.329 e. The lowest BCUT2D eigenvalue weighted by Gasteiger charge is -2.00. The highest BCUT2D eigenvalue weighted by Crippen LogP contribution is 2.25. The van der Waals surface area contributed by atoms with Crippen molar-refractivity contribution in [3.05, 3.63) is 24.2 Å². The van der Waals surface area contributed by atoms with Crippen molar-refractivity contribution in [2.45, 2.75) is 12.8 Å². The van der Waals surface area contributed by atoms with Crippen molar-refractivity contribution in [1.29, 1.82) is 0 Å². The number of hydrogen-bond donors (Lipinski definition) is 2. The largest absolute Gasteiger partial charge is 0.329 e. The standard InChI is InChI=1S/C8H17N2P/c1-8(10-9)6-4-5-7-11(2)3/h5,7,10H,1,4,6,9H2,2-3H3/b7-5-. The maximum atomic E-state index is 5.14. The summed E-state index contributed by atoms with van der Waals surface area (Å²) in [7, 11) is 0.103. The molecule has 0 bridgehead atoms. The summed E-state index contributed by atoms with van der Waals surface area (Å²) in [5.74, 6) is 7.39. The molecule has 3 heteroatoms. The predicted molar refractivity (Wildman–Crippen MR) is 53.6 cm³/mol. The fourth-order valence-electron chi connectivity index (χ4n) is 0.615. The van der Waals surface area contributed by atoms with E-state index in [0.29, 0.717) is 0 Å². The zero-order chi connectivity index (χ0) is 8.69. The zero-order valence-corrected chi connectivity index (χ0v) is 8.20. The summed E-state index contributed by atoms with van der Waals surface area (Å²) < 4.78 is 0. The smallest absolute Gasteiger partial charge is 0.0190 e. The normalized spacial score (nSPS) is 10.9. The van der Waals surface area contributed by atoms with Gasteiger partial charge in [0.1, 0.15) is 0 Å². The fourth-order valence-corrected chi connectivity index (χ4v) is 1.19. The molecule has 0 saturated heterocycles. The second kappa shape index (κ2) is 6.38. The van der Waals surface area contributed by atoms with Crippen LogP contribution in [0.2, 0.25) is 0 Å². The van der Waals surface area contributed by atoms with Crippen molar-refractivity contribution in [1.82, 2.24) is 5.43 Å². The average Bonchev–Trinajstić information content (AvgIpc) is 1.97. The summed E-state index contributed by atoms with van der Waals surface area (Å²) in [6.45, 7) is 8.17. The Bertz CT molecular complexity index is 141. The average molecular weight is 172 g/mol. The quantitative estimate of drug-likeness (QED) is 0.378. The second-order valence-corrected chi connectivity index (χ2v) is 4.86. The van der Waals surface area contributed by atoms with E-state index in [1.807, 2.05) is 0 Å². The van der Waals surface area contributed by atoms with Crippen LogP contribution in [0.1, 0.15) is 12.8 Å². The molecule has 11 heavy (non-hydrogen) atoms. The van der Waals surface area contributed by atoms with Crippen LogP contribution in [0.5, 0.6) is 0 Å². The van der Waals surface area contributed by atoms with Gasteiger partial charge in [-0.25, -0.2) is 0 Å². The molecule has 0 aromatic heterocycles. The van der Waals surface area contributed by atoms with Crippen LogP contribution in [0.3, 0.4) is 0 Å². The van der Waals surface area contributed by atoms with Crippen molar-refractivity contribution in [3.8, 4) is 0 Å². The van der Waals surface area contributed by atoms with Crippen LogP contribution >= 0.6 is 7.92 Å². The lowest BCUT2D eigenvalue weighted by molar-refractivity contribution is 0.802. The van der Waals surface area contributed by atoms with E-state index in [4.69, 9.17) is 5.84 Å². The Morgan fingerprint density at radius 1 is 1.64 bits per heavy atom. The Labute approximate surface area is 70.3 Å². The maximum absolute atomic E-state index is 5.14. The first-order chi connectivity index (χ1) is 5.16. The fraction of sp³-hybridized carbons (Fsp3) is 0.500. The molecule has 0 aromatic carbocycles. The van der Waals surface area contributed by atoms with Crippen molar-refractivity contribution in [2.24, 2.45) is 5.84 Å². The number of nitrogens with one attached hydrogen (secondary N) is 1. The highest BCUT2D eigenvalue weighted by molar-refractivity contribution is 7.59. The minimum absolute atomic E-state index is 0.103. The molecule has 0 aliphatic rings. The van der Waals surface area contributed by atoms with Gasteiger partial charge in [0.2, 0.25) is 0 Å². The molecule has 0 fully saturated rings. The molecule has 0 radical (unpaired) electrons. The monoisotopic (exact) mass is 172 g/mol. The Kier molecular flexibility index (Phi) is 6.19. The van der Waals surface area contributed by atoms with Gasteiger partial charge in [-0.3, -0.25) is 5.84 Å². The van der Waals surface area contributed by atoms with Crippen LogP contribution in [-0.2, 0) is 0 Å².